The minimum Gasteiger partial charge on any atom is -0.465 e. The Bertz CT molecular complexity index is 714. The Morgan fingerprint density at radius 2 is 1.17 bits per heavy atom. The van der Waals surface area contributed by atoms with Gasteiger partial charge in [0.1, 0.15) is 6.61 Å². The van der Waals surface area contributed by atoms with E-state index in [1.807, 2.05) is 38.1 Å². The number of hydrogen-bond acceptors (Lipinski definition) is 4. The van der Waals surface area contributed by atoms with Gasteiger partial charge in [-0.2, -0.15) is 0 Å². The highest BCUT2D eigenvalue weighted by molar-refractivity contribution is 9.10. The highest BCUT2D eigenvalue weighted by Crippen LogP contribution is 2.31. The minimum atomic E-state index is -1.22. The van der Waals surface area contributed by atoms with Crippen LogP contribution < -0.4 is 0 Å². The van der Waals surface area contributed by atoms with Crippen LogP contribution in [0.15, 0.2) is 28.7 Å². The average molecular weight is 568 g/mol. The molecule has 0 aliphatic rings. The predicted molar refractivity (Wildman–Crippen MR) is 153 cm³/mol. The molecule has 0 amide bonds. The lowest BCUT2D eigenvalue weighted by Crippen LogP contribution is -2.41. The monoisotopic (exact) mass is 566 g/mol. The number of carbonyl (C=O) groups excluding carboxylic acids is 2. The van der Waals surface area contributed by atoms with Gasteiger partial charge in [0.25, 0.3) is 0 Å². The molecule has 0 N–H and O–H groups in total. The molecule has 4 nitrogen and oxygen atoms in total. The Morgan fingerprint density at radius 1 is 0.694 bits per heavy atom. The van der Waals surface area contributed by atoms with Crippen LogP contribution in [0.4, 0.5) is 0 Å². The van der Waals surface area contributed by atoms with Crippen molar-refractivity contribution in [2.45, 2.75) is 137 Å². The van der Waals surface area contributed by atoms with Gasteiger partial charge in [0.05, 0.1) is 6.61 Å². The van der Waals surface area contributed by atoms with E-state index in [-0.39, 0.29) is 6.61 Å². The van der Waals surface area contributed by atoms with E-state index >= 15 is 0 Å². The third kappa shape index (κ3) is 13.3. The largest absolute Gasteiger partial charge is 0.465 e. The third-order valence-electron chi connectivity index (χ3n) is 7.23. The zero-order valence-corrected chi connectivity index (χ0v) is 24.8. The van der Waals surface area contributed by atoms with E-state index in [0.29, 0.717) is 19.4 Å². The van der Waals surface area contributed by atoms with Gasteiger partial charge in [-0.1, -0.05) is 139 Å². The first-order valence-corrected chi connectivity index (χ1v) is 15.4. The summed E-state index contributed by atoms with van der Waals surface area (Å²) in [7, 11) is 0. The quantitative estimate of drug-likeness (QED) is 0.0795. The summed E-state index contributed by atoms with van der Waals surface area (Å²) in [4.78, 5) is 25.7. The first-order valence-electron chi connectivity index (χ1n) is 14.6. The fraction of sp³-hybridized carbons (Fsp3) is 0.742. The second-order valence-corrected chi connectivity index (χ2v) is 11.0. The van der Waals surface area contributed by atoms with E-state index in [2.05, 4.69) is 22.9 Å². The van der Waals surface area contributed by atoms with E-state index in [1.54, 1.807) is 0 Å². The normalized spacial score (nSPS) is 11.4. The maximum Gasteiger partial charge on any atom is 0.323 e. The molecule has 0 saturated carbocycles. The van der Waals surface area contributed by atoms with Crippen molar-refractivity contribution in [3.05, 3.63) is 34.3 Å². The highest BCUT2D eigenvalue weighted by atomic mass is 79.9. The molecule has 0 fully saturated rings. The van der Waals surface area contributed by atoms with Gasteiger partial charge in [0.2, 0.25) is 0 Å². The molecule has 0 spiro atoms. The molecule has 0 unspecified atom stereocenters. The maximum atomic E-state index is 12.9. The number of esters is 2. The summed E-state index contributed by atoms with van der Waals surface area (Å²) in [5.41, 5.74) is -0.341. The number of hydrogen-bond donors (Lipinski definition) is 0. The Hall–Kier alpha value is -1.36. The molecule has 0 aliphatic carbocycles. The molecule has 0 radical (unpaired) electrons. The SMILES string of the molecule is CCCCCCCCCCCCCCCCCOC(=O)C(CC)(CC)C(=O)OCc1cccc(Br)c1. The summed E-state index contributed by atoms with van der Waals surface area (Å²) in [5, 5.41) is 0. The molecule has 0 atom stereocenters. The van der Waals surface area contributed by atoms with E-state index in [0.717, 1.165) is 22.9 Å². The number of carbonyl (C=O) groups is 2. The zero-order chi connectivity index (χ0) is 26.5. The molecule has 0 saturated heterocycles. The summed E-state index contributed by atoms with van der Waals surface area (Å²) >= 11 is 3.42. The molecule has 5 heteroatoms. The number of ether oxygens (including phenoxy) is 2. The summed E-state index contributed by atoms with van der Waals surface area (Å²) < 4.78 is 12.0. The lowest BCUT2D eigenvalue weighted by atomic mass is 9.82. The van der Waals surface area contributed by atoms with E-state index in [9.17, 15) is 9.59 Å². The van der Waals surface area contributed by atoms with Crippen LogP contribution in [-0.2, 0) is 25.7 Å². The van der Waals surface area contributed by atoms with Gasteiger partial charge < -0.3 is 9.47 Å². The highest BCUT2D eigenvalue weighted by Gasteiger charge is 2.45. The molecule has 0 heterocycles. The predicted octanol–water partition coefficient (Wildman–Crippen LogP) is 9.71. The number of halogens is 1. The van der Waals surface area contributed by atoms with Gasteiger partial charge in [0, 0.05) is 4.47 Å². The standard InChI is InChI=1S/C31H51BrO4/c1-4-7-8-9-10-11-12-13-14-15-16-17-18-19-20-24-35-29(33)31(5-2,6-3)30(34)36-26-27-22-21-23-28(32)25-27/h21-23,25H,4-20,24,26H2,1-3H3. The second-order valence-electron chi connectivity index (χ2n) is 10.1. The summed E-state index contributed by atoms with van der Waals surface area (Å²) in [6, 6.07) is 7.61. The topological polar surface area (TPSA) is 52.6 Å². The van der Waals surface area contributed by atoms with E-state index in [1.165, 1.54) is 83.5 Å². The van der Waals surface area contributed by atoms with Crippen molar-refractivity contribution in [1.82, 2.24) is 0 Å². The lowest BCUT2D eigenvalue weighted by Gasteiger charge is -2.27. The van der Waals surface area contributed by atoms with Crippen LogP contribution in [0.25, 0.3) is 0 Å². The Kier molecular flexibility index (Phi) is 18.8. The van der Waals surface area contributed by atoms with Crippen molar-refractivity contribution < 1.29 is 19.1 Å². The summed E-state index contributed by atoms with van der Waals surface area (Å²) in [5.74, 6) is -0.939. The van der Waals surface area contributed by atoms with Crippen LogP contribution >= 0.6 is 15.9 Å². The molecule has 0 bridgehead atoms. The van der Waals surface area contributed by atoms with Crippen molar-refractivity contribution in [3.8, 4) is 0 Å². The van der Waals surface area contributed by atoms with Crippen molar-refractivity contribution in [3.63, 3.8) is 0 Å². The fourth-order valence-electron chi connectivity index (χ4n) is 4.60. The lowest BCUT2D eigenvalue weighted by molar-refractivity contribution is -0.174. The van der Waals surface area contributed by atoms with Crippen molar-refractivity contribution in [2.75, 3.05) is 6.61 Å². The third-order valence-corrected chi connectivity index (χ3v) is 7.72. The van der Waals surface area contributed by atoms with Crippen LogP contribution in [0.5, 0.6) is 0 Å². The van der Waals surface area contributed by atoms with Crippen LogP contribution in [-0.4, -0.2) is 18.5 Å². The molecule has 1 aromatic rings. The van der Waals surface area contributed by atoms with E-state index < -0.39 is 17.4 Å². The van der Waals surface area contributed by atoms with Gasteiger partial charge in [-0.25, -0.2) is 0 Å². The fourth-order valence-corrected chi connectivity index (χ4v) is 5.05. The van der Waals surface area contributed by atoms with Crippen molar-refractivity contribution in [1.29, 1.82) is 0 Å². The molecule has 206 valence electrons. The van der Waals surface area contributed by atoms with Crippen LogP contribution in [0, 0.1) is 5.41 Å². The Labute approximate surface area is 229 Å². The number of rotatable bonds is 22. The zero-order valence-electron chi connectivity index (χ0n) is 23.3. The summed E-state index contributed by atoms with van der Waals surface area (Å²) in [6.45, 7) is 6.48. The molecule has 0 aliphatic heterocycles. The van der Waals surface area contributed by atoms with Crippen LogP contribution in [0.1, 0.15) is 135 Å². The molecular formula is C31H51BrO4. The van der Waals surface area contributed by atoms with Gasteiger partial charge in [-0.15, -0.1) is 0 Å². The van der Waals surface area contributed by atoms with Gasteiger partial charge in [-0.3, -0.25) is 9.59 Å². The minimum absolute atomic E-state index is 0.145. The second kappa shape index (κ2) is 20.7. The van der Waals surface area contributed by atoms with Gasteiger partial charge in [0.15, 0.2) is 5.41 Å². The Balaban J connectivity index is 2.14. The first-order chi connectivity index (χ1) is 17.5. The Morgan fingerprint density at radius 3 is 1.64 bits per heavy atom. The number of unbranched alkanes of at least 4 members (excludes halogenated alkanes) is 14. The van der Waals surface area contributed by atoms with Gasteiger partial charge >= 0.3 is 11.9 Å². The molecule has 1 rings (SSSR count). The smallest absolute Gasteiger partial charge is 0.323 e. The van der Waals surface area contributed by atoms with E-state index in [4.69, 9.17) is 9.47 Å². The molecular weight excluding hydrogens is 516 g/mol. The molecule has 36 heavy (non-hydrogen) atoms. The van der Waals surface area contributed by atoms with Crippen molar-refractivity contribution >= 4 is 27.9 Å². The molecule has 1 aromatic carbocycles. The summed E-state index contributed by atoms with van der Waals surface area (Å²) in [6.07, 6.45) is 20.2. The van der Waals surface area contributed by atoms with Gasteiger partial charge in [-0.05, 0) is 37.0 Å². The molecule has 0 aromatic heterocycles. The van der Waals surface area contributed by atoms with Crippen molar-refractivity contribution in [2.24, 2.45) is 5.41 Å². The van der Waals surface area contributed by atoms with Crippen LogP contribution in [0.2, 0.25) is 0 Å². The first kappa shape index (κ1) is 32.7. The van der Waals surface area contributed by atoms with Crippen LogP contribution in [0.3, 0.4) is 0 Å². The maximum absolute atomic E-state index is 12.9. The average Bonchev–Trinajstić information content (AvgIpc) is 2.88. The number of benzene rings is 1.